The Morgan fingerprint density at radius 2 is 1.55 bits per heavy atom. The van der Waals surface area contributed by atoms with E-state index in [2.05, 4.69) is 0 Å². The van der Waals surface area contributed by atoms with Gasteiger partial charge in [-0.3, -0.25) is 4.79 Å². The first-order chi connectivity index (χ1) is 15.0. The summed E-state index contributed by atoms with van der Waals surface area (Å²) < 4.78 is 44.9. The number of ether oxygens (including phenoxy) is 8. The summed E-state index contributed by atoms with van der Waals surface area (Å²) in [4.78, 5) is 12.9. The molecule has 2 aromatic carbocycles. The van der Waals surface area contributed by atoms with E-state index in [1.165, 1.54) is 14.2 Å². The highest BCUT2D eigenvalue weighted by Gasteiger charge is 2.61. The van der Waals surface area contributed by atoms with E-state index >= 15 is 0 Å². The zero-order valence-electron chi connectivity index (χ0n) is 17.6. The number of hydrogen-bond acceptors (Lipinski definition) is 9. The Morgan fingerprint density at radius 1 is 0.871 bits per heavy atom. The quantitative estimate of drug-likeness (QED) is 0.664. The summed E-state index contributed by atoms with van der Waals surface area (Å²) in [5, 5.41) is 0. The molecule has 9 heteroatoms. The van der Waals surface area contributed by atoms with Gasteiger partial charge in [0.1, 0.15) is 11.7 Å². The third kappa shape index (κ3) is 2.76. The van der Waals surface area contributed by atoms with Gasteiger partial charge < -0.3 is 37.9 Å². The second-order valence-corrected chi connectivity index (χ2v) is 7.38. The number of cyclic esters (lactones) is 1. The highest BCUT2D eigenvalue weighted by molar-refractivity contribution is 5.80. The van der Waals surface area contributed by atoms with Crippen molar-refractivity contribution in [2.24, 2.45) is 5.92 Å². The molecular formula is C22H22O9. The Labute approximate surface area is 178 Å². The van der Waals surface area contributed by atoms with E-state index in [-0.39, 0.29) is 13.4 Å². The molecule has 5 rings (SSSR count). The van der Waals surface area contributed by atoms with Gasteiger partial charge in [-0.05, 0) is 23.8 Å². The SMILES string of the molecule is COc1cc([C@H]2c3cc4c(cc3O[C@]3(OC)COC(=O)[C@H]23)OCO4)cc(OC)c1OC. The lowest BCUT2D eigenvalue weighted by molar-refractivity contribution is -0.195. The van der Waals surface area contributed by atoms with Crippen molar-refractivity contribution >= 4 is 5.97 Å². The smallest absolute Gasteiger partial charge is 0.317 e. The average Bonchev–Trinajstić information content (AvgIpc) is 3.39. The van der Waals surface area contributed by atoms with E-state index in [4.69, 9.17) is 37.9 Å². The van der Waals surface area contributed by atoms with E-state index in [0.717, 1.165) is 11.1 Å². The molecule has 0 aromatic heterocycles. The van der Waals surface area contributed by atoms with Crippen LogP contribution >= 0.6 is 0 Å². The number of hydrogen-bond donors (Lipinski definition) is 0. The largest absolute Gasteiger partial charge is 0.493 e. The van der Waals surface area contributed by atoms with Gasteiger partial charge in [-0.15, -0.1) is 0 Å². The summed E-state index contributed by atoms with van der Waals surface area (Å²) >= 11 is 0. The fourth-order valence-electron chi connectivity index (χ4n) is 4.53. The lowest BCUT2D eigenvalue weighted by atomic mass is 9.75. The van der Waals surface area contributed by atoms with Crippen molar-refractivity contribution in [2.75, 3.05) is 41.8 Å². The number of rotatable bonds is 5. The lowest BCUT2D eigenvalue weighted by Crippen LogP contribution is -2.51. The van der Waals surface area contributed by atoms with Crippen molar-refractivity contribution in [2.45, 2.75) is 11.7 Å². The van der Waals surface area contributed by atoms with Crippen molar-refractivity contribution in [3.8, 4) is 34.5 Å². The first-order valence-electron chi connectivity index (χ1n) is 9.69. The molecule has 1 saturated heterocycles. The molecule has 3 aliphatic heterocycles. The minimum Gasteiger partial charge on any atom is -0.493 e. The minimum atomic E-state index is -1.27. The van der Waals surface area contributed by atoms with Crippen LogP contribution in [-0.4, -0.2) is 53.6 Å². The van der Waals surface area contributed by atoms with Crippen LogP contribution in [0.5, 0.6) is 34.5 Å². The number of methoxy groups -OCH3 is 4. The van der Waals surface area contributed by atoms with Gasteiger partial charge in [-0.2, -0.15) is 0 Å². The molecular weight excluding hydrogens is 408 g/mol. The highest BCUT2D eigenvalue weighted by atomic mass is 16.7. The molecule has 0 spiro atoms. The van der Waals surface area contributed by atoms with E-state index in [0.29, 0.717) is 34.5 Å². The molecule has 0 amide bonds. The summed E-state index contributed by atoms with van der Waals surface area (Å²) in [6.45, 7) is 0.0930. The second-order valence-electron chi connectivity index (χ2n) is 7.38. The van der Waals surface area contributed by atoms with Crippen molar-refractivity contribution in [1.82, 2.24) is 0 Å². The summed E-state index contributed by atoms with van der Waals surface area (Å²) in [6.07, 6.45) is 0. The van der Waals surface area contributed by atoms with E-state index in [1.54, 1.807) is 20.3 Å². The number of carbonyl (C=O) groups is 1. The molecule has 9 nitrogen and oxygen atoms in total. The summed E-state index contributed by atoms with van der Waals surface area (Å²) in [7, 11) is 6.12. The van der Waals surface area contributed by atoms with Crippen molar-refractivity contribution in [1.29, 1.82) is 0 Å². The topological polar surface area (TPSA) is 90.9 Å². The maximum atomic E-state index is 12.9. The standard InChI is InChI=1S/C22H22O9/c1-24-16-5-11(6-17(25-2)20(16)26-3)18-12-7-14-15(30-10-29-14)8-13(12)31-22(27-4)9-28-21(23)19(18)22/h5-8,18-19H,9-10H2,1-4H3/t18-,19-,22+/m0/s1. The molecule has 0 radical (unpaired) electrons. The molecule has 1 fully saturated rings. The van der Waals surface area contributed by atoms with Crippen molar-refractivity contribution < 1.29 is 42.7 Å². The number of carbonyl (C=O) groups excluding carboxylic acids is 1. The van der Waals surface area contributed by atoms with Gasteiger partial charge >= 0.3 is 5.97 Å². The minimum absolute atomic E-state index is 0.0260. The van der Waals surface area contributed by atoms with Crippen molar-refractivity contribution in [3.05, 3.63) is 35.4 Å². The van der Waals surface area contributed by atoms with Crippen LogP contribution in [0.4, 0.5) is 0 Å². The third-order valence-corrected chi connectivity index (χ3v) is 5.99. The Hall–Kier alpha value is -3.33. The Bertz CT molecular complexity index is 1020. The summed E-state index contributed by atoms with van der Waals surface area (Å²) in [5.41, 5.74) is 1.50. The molecule has 0 N–H and O–H groups in total. The molecule has 3 heterocycles. The molecule has 0 bridgehead atoms. The van der Waals surface area contributed by atoms with Crippen LogP contribution in [0.15, 0.2) is 24.3 Å². The van der Waals surface area contributed by atoms with Gasteiger partial charge in [0.2, 0.25) is 12.5 Å². The predicted octanol–water partition coefficient (Wildman–Crippen LogP) is 2.48. The predicted molar refractivity (Wildman–Crippen MR) is 105 cm³/mol. The zero-order chi connectivity index (χ0) is 21.8. The van der Waals surface area contributed by atoms with Gasteiger partial charge in [0.05, 0.1) is 21.3 Å². The first kappa shape index (κ1) is 19.6. The molecule has 164 valence electrons. The van der Waals surface area contributed by atoms with Crippen LogP contribution in [-0.2, 0) is 14.3 Å². The average molecular weight is 430 g/mol. The van der Waals surface area contributed by atoms with E-state index in [1.807, 2.05) is 18.2 Å². The van der Waals surface area contributed by atoms with Gasteiger partial charge in [0.15, 0.2) is 29.6 Å². The lowest BCUT2D eigenvalue weighted by Gasteiger charge is -2.41. The van der Waals surface area contributed by atoms with Crippen LogP contribution < -0.4 is 28.4 Å². The van der Waals surface area contributed by atoms with E-state index in [9.17, 15) is 4.79 Å². The summed E-state index contributed by atoms with van der Waals surface area (Å²) in [6, 6.07) is 7.22. The number of benzene rings is 2. The Morgan fingerprint density at radius 3 is 2.16 bits per heavy atom. The van der Waals surface area contributed by atoms with Gasteiger partial charge in [0.25, 0.3) is 5.79 Å². The molecule has 3 aliphatic rings. The fourth-order valence-corrected chi connectivity index (χ4v) is 4.53. The molecule has 31 heavy (non-hydrogen) atoms. The van der Waals surface area contributed by atoms with Crippen LogP contribution in [0.2, 0.25) is 0 Å². The highest BCUT2D eigenvalue weighted by Crippen LogP contribution is 2.56. The second kappa shape index (κ2) is 7.12. The fraction of sp³-hybridized carbons (Fsp3) is 0.409. The molecule has 0 aliphatic carbocycles. The molecule has 0 saturated carbocycles. The maximum Gasteiger partial charge on any atom is 0.317 e. The number of fused-ring (bicyclic) bond motifs is 3. The zero-order valence-corrected chi connectivity index (χ0v) is 17.6. The third-order valence-electron chi connectivity index (χ3n) is 5.99. The number of esters is 1. The molecule has 0 unspecified atom stereocenters. The monoisotopic (exact) mass is 430 g/mol. The Kier molecular flexibility index (Phi) is 4.51. The van der Waals surface area contributed by atoms with Gasteiger partial charge in [-0.25, -0.2) is 0 Å². The van der Waals surface area contributed by atoms with Gasteiger partial charge in [-0.1, -0.05) is 0 Å². The van der Waals surface area contributed by atoms with E-state index < -0.39 is 23.6 Å². The molecule has 2 aromatic rings. The Balaban J connectivity index is 1.76. The maximum absolute atomic E-state index is 12.9. The van der Waals surface area contributed by atoms with Crippen LogP contribution in [0, 0.1) is 5.92 Å². The summed E-state index contributed by atoms with van der Waals surface area (Å²) in [5.74, 6) is 0.147. The van der Waals surface area contributed by atoms with Crippen molar-refractivity contribution in [3.63, 3.8) is 0 Å². The van der Waals surface area contributed by atoms with Crippen LogP contribution in [0.25, 0.3) is 0 Å². The normalized spacial score (nSPS) is 25.2. The first-order valence-corrected chi connectivity index (χ1v) is 9.69. The molecule has 3 atom stereocenters. The van der Waals surface area contributed by atoms with Crippen LogP contribution in [0.1, 0.15) is 17.0 Å². The van der Waals surface area contributed by atoms with Crippen LogP contribution in [0.3, 0.4) is 0 Å². The van der Waals surface area contributed by atoms with Gasteiger partial charge in [0, 0.05) is 24.7 Å².